The van der Waals surface area contributed by atoms with E-state index < -0.39 is 6.10 Å². The van der Waals surface area contributed by atoms with E-state index in [2.05, 4.69) is 9.88 Å². The van der Waals surface area contributed by atoms with Gasteiger partial charge in [0.15, 0.2) is 0 Å². The third-order valence-electron chi connectivity index (χ3n) is 7.09. The van der Waals surface area contributed by atoms with Crippen molar-refractivity contribution in [2.45, 2.75) is 36.7 Å². The highest BCUT2D eigenvalue weighted by Gasteiger charge is 2.34. The number of ether oxygens (including phenoxy) is 1. The summed E-state index contributed by atoms with van der Waals surface area (Å²) in [6, 6.07) is 12.2. The van der Waals surface area contributed by atoms with Gasteiger partial charge in [-0.15, -0.1) is 11.8 Å². The van der Waals surface area contributed by atoms with Crippen LogP contribution < -0.4 is 4.74 Å². The van der Waals surface area contributed by atoms with Crippen LogP contribution in [-0.4, -0.2) is 59.2 Å². The molecule has 1 fully saturated rings. The van der Waals surface area contributed by atoms with Gasteiger partial charge in [0.1, 0.15) is 11.6 Å². The topological polar surface area (TPSA) is 65.8 Å². The van der Waals surface area contributed by atoms with Crippen LogP contribution in [0, 0.1) is 11.2 Å². The molecule has 1 aliphatic rings. The van der Waals surface area contributed by atoms with Crippen molar-refractivity contribution in [3.05, 3.63) is 65.1 Å². The number of fused-ring (bicyclic) bond motifs is 1. The fraction of sp³-hybridized carbons (Fsp3) is 0.444. The van der Waals surface area contributed by atoms with E-state index in [0.29, 0.717) is 29.2 Å². The molecule has 2 N–H and O–H groups in total. The molecule has 4 rings (SSSR count). The molecule has 0 aliphatic carbocycles. The Labute approximate surface area is 215 Å². The molecule has 1 aromatic heterocycles. The van der Waals surface area contributed by atoms with Crippen LogP contribution >= 0.6 is 23.4 Å². The first-order valence-corrected chi connectivity index (χ1v) is 13.3. The van der Waals surface area contributed by atoms with Crippen LogP contribution in [-0.2, 0) is 0 Å². The van der Waals surface area contributed by atoms with Crippen LogP contribution in [0.15, 0.2) is 53.6 Å². The molecule has 1 aliphatic heterocycles. The van der Waals surface area contributed by atoms with Crippen molar-refractivity contribution in [3.63, 3.8) is 0 Å². The van der Waals surface area contributed by atoms with E-state index in [0.717, 1.165) is 54.0 Å². The number of likely N-dealkylation sites (tertiary alicyclic amines) is 1. The predicted molar refractivity (Wildman–Crippen MR) is 140 cm³/mol. The average Bonchev–Trinajstić information content (AvgIpc) is 2.89. The zero-order chi connectivity index (χ0) is 24.8. The van der Waals surface area contributed by atoms with Crippen molar-refractivity contribution < 1.29 is 19.3 Å². The number of aliphatic hydroxyl groups is 2. The number of aromatic nitrogens is 1. The number of halogens is 2. The van der Waals surface area contributed by atoms with Gasteiger partial charge >= 0.3 is 0 Å². The number of rotatable bonds is 10. The first-order chi connectivity index (χ1) is 16.9. The second-order valence-electron chi connectivity index (χ2n) is 9.26. The molecule has 0 bridgehead atoms. The minimum atomic E-state index is -0.756. The summed E-state index contributed by atoms with van der Waals surface area (Å²) in [5.41, 5.74) is 1.22. The van der Waals surface area contributed by atoms with E-state index >= 15 is 0 Å². The highest BCUT2D eigenvalue weighted by atomic mass is 35.5. The molecule has 0 amide bonds. The van der Waals surface area contributed by atoms with Crippen LogP contribution in [0.5, 0.6) is 5.75 Å². The summed E-state index contributed by atoms with van der Waals surface area (Å²) in [5, 5.41) is 22.6. The lowest BCUT2D eigenvalue weighted by molar-refractivity contribution is 0.0254. The minimum absolute atomic E-state index is 0.108. The number of hydrogen-bond acceptors (Lipinski definition) is 6. The standard InChI is InChI=1S/C27H32ClFN2O3S/c1-34-20-4-7-24-22(16-20)26(23(28)17-30-24)25(33)8-9-27(18-32)10-12-31(13-11-27)14-15-35-21-5-2-19(29)3-6-21/h2-7,16-17,25,32-33H,8-15,18H2,1H3/t25-/m1/s1. The Morgan fingerprint density at radius 1 is 1.20 bits per heavy atom. The molecule has 188 valence electrons. The largest absolute Gasteiger partial charge is 0.497 e. The lowest BCUT2D eigenvalue weighted by Crippen LogP contribution is -2.43. The van der Waals surface area contributed by atoms with Crippen LogP contribution in [0.4, 0.5) is 4.39 Å². The SMILES string of the molecule is COc1ccc2ncc(Cl)c([C@H](O)CCC3(CO)CCN(CCSc4ccc(F)cc4)CC3)c2c1. The van der Waals surface area contributed by atoms with Crippen molar-refractivity contribution in [1.82, 2.24) is 9.88 Å². The predicted octanol–water partition coefficient (Wildman–Crippen LogP) is 5.72. The van der Waals surface area contributed by atoms with Gasteiger partial charge in [-0.05, 0) is 86.7 Å². The van der Waals surface area contributed by atoms with Crippen LogP contribution in [0.1, 0.15) is 37.4 Å². The molecule has 0 radical (unpaired) electrons. The van der Waals surface area contributed by atoms with Gasteiger partial charge in [0.2, 0.25) is 0 Å². The molecule has 2 heterocycles. The Kier molecular flexibility index (Phi) is 8.89. The quantitative estimate of drug-likeness (QED) is 0.335. The van der Waals surface area contributed by atoms with E-state index in [9.17, 15) is 14.6 Å². The first kappa shape index (κ1) is 26.2. The zero-order valence-electron chi connectivity index (χ0n) is 19.9. The van der Waals surface area contributed by atoms with E-state index in [4.69, 9.17) is 16.3 Å². The summed E-state index contributed by atoms with van der Waals surface area (Å²) >= 11 is 8.19. The van der Waals surface area contributed by atoms with Crippen LogP contribution in [0.2, 0.25) is 5.02 Å². The molecule has 1 saturated heterocycles. The Hall–Kier alpha value is -1.90. The molecule has 3 aromatic rings. The first-order valence-electron chi connectivity index (χ1n) is 11.9. The van der Waals surface area contributed by atoms with Crippen molar-refractivity contribution in [2.75, 3.05) is 39.1 Å². The van der Waals surface area contributed by atoms with Crippen LogP contribution in [0.3, 0.4) is 0 Å². The summed E-state index contributed by atoms with van der Waals surface area (Å²) in [5.74, 6) is 1.41. The molecular formula is C27H32ClFN2O3S. The number of aliphatic hydroxyl groups excluding tert-OH is 2. The van der Waals surface area contributed by atoms with E-state index in [1.807, 2.05) is 30.3 Å². The molecular weight excluding hydrogens is 487 g/mol. The Morgan fingerprint density at radius 3 is 2.63 bits per heavy atom. The maximum absolute atomic E-state index is 13.1. The Balaban J connectivity index is 1.33. The fourth-order valence-electron chi connectivity index (χ4n) is 4.78. The highest BCUT2D eigenvalue weighted by molar-refractivity contribution is 7.99. The summed E-state index contributed by atoms with van der Waals surface area (Å²) in [7, 11) is 1.61. The second kappa shape index (κ2) is 11.9. The number of thioether (sulfide) groups is 1. The fourth-order valence-corrected chi connectivity index (χ4v) is 5.97. The lowest BCUT2D eigenvalue weighted by Gasteiger charge is -2.41. The summed E-state index contributed by atoms with van der Waals surface area (Å²) in [6.45, 7) is 2.89. The molecule has 0 unspecified atom stereocenters. The molecule has 5 nitrogen and oxygen atoms in total. The monoisotopic (exact) mass is 518 g/mol. The third-order valence-corrected chi connectivity index (χ3v) is 8.38. The number of nitrogens with zero attached hydrogens (tertiary/aromatic N) is 2. The number of benzene rings is 2. The van der Waals surface area contributed by atoms with Gasteiger partial charge in [-0.1, -0.05) is 11.6 Å². The molecule has 1 atom stereocenters. The summed E-state index contributed by atoms with van der Waals surface area (Å²) < 4.78 is 18.4. The van der Waals surface area contributed by atoms with Crippen molar-refractivity contribution >= 4 is 34.3 Å². The number of methoxy groups -OCH3 is 1. The minimum Gasteiger partial charge on any atom is -0.497 e. The maximum atomic E-state index is 13.1. The number of hydrogen-bond donors (Lipinski definition) is 2. The van der Waals surface area contributed by atoms with Gasteiger partial charge in [0, 0.05) is 40.9 Å². The van der Waals surface area contributed by atoms with Gasteiger partial charge in [0.25, 0.3) is 0 Å². The van der Waals surface area contributed by atoms with Crippen LogP contribution in [0.25, 0.3) is 10.9 Å². The van der Waals surface area contributed by atoms with E-state index in [1.54, 1.807) is 25.1 Å². The zero-order valence-corrected chi connectivity index (χ0v) is 21.5. The van der Waals surface area contributed by atoms with Gasteiger partial charge in [-0.3, -0.25) is 4.98 Å². The maximum Gasteiger partial charge on any atom is 0.123 e. The van der Waals surface area contributed by atoms with Crippen molar-refractivity contribution in [2.24, 2.45) is 5.41 Å². The summed E-state index contributed by atoms with van der Waals surface area (Å²) in [4.78, 5) is 7.86. The van der Waals surface area contributed by atoms with Gasteiger partial charge < -0.3 is 19.8 Å². The molecule has 35 heavy (non-hydrogen) atoms. The molecule has 8 heteroatoms. The van der Waals surface area contributed by atoms with Gasteiger partial charge in [-0.2, -0.15) is 0 Å². The third kappa shape index (κ3) is 6.46. The Morgan fingerprint density at radius 2 is 1.94 bits per heavy atom. The van der Waals surface area contributed by atoms with Crippen molar-refractivity contribution in [1.29, 1.82) is 0 Å². The second-order valence-corrected chi connectivity index (χ2v) is 10.8. The summed E-state index contributed by atoms with van der Waals surface area (Å²) in [6.07, 6.45) is 3.82. The lowest BCUT2D eigenvalue weighted by atomic mass is 9.74. The molecule has 0 spiro atoms. The normalized spacial score (nSPS) is 16.9. The smallest absolute Gasteiger partial charge is 0.123 e. The Bertz CT molecular complexity index is 1120. The van der Waals surface area contributed by atoms with E-state index in [1.165, 1.54) is 12.1 Å². The van der Waals surface area contributed by atoms with Crippen molar-refractivity contribution in [3.8, 4) is 5.75 Å². The number of piperidine rings is 1. The number of pyridine rings is 1. The highest BCUT2D eigenvalue weighted by Crippen LogP contribution is 2.40. The average molecular weight is 519 g/mol. The van der Waals surface area contributed by atoms with Gasteiger partial charge in [0.05, 0.1) is 23.8 Å². The van der Waals surface area contributed by atoms with E-state index in [-0.39, 0.29) is 17.8 Å². The van der Waals surface area contributed by atoms with Gasteiger partial charge in [-0.25, -0.2) is 4.39 Å². The molecule has 0 saturated carbocycles. The molecule has 2 aromatic carbocycles.